The molecule has 1 fully saturated rings. The van der Waals surface area contributed by atoms with Crippen LogP contribution in [-0.4, -0.2) is 35.6 Å². The highest BCUT2D eigenvalue weighted by Gasteiger charge is 2.32. The number of rotatable bonds is 2. The largest absolute Gasteiger partial charge is 0.480 e. The molecule has 0 spiro atoms. The number of amides is 1. The summed E-state index contributed by atoms with van der Waals surface area (Å²) >= 11 is 0. The maximum absolute atomic E-state index is 11.6. The van der Waals surface area contributed by atoms with Crippen LogP contribution in [0.2, 0.25) is 0 Å². The van der Waals surface area contributed by atoms with Gasteiger partial charge in [-0.1, -0.05) is 20.8 Å². The highest BCUT2D eigenvalue weighted by molar-refractivity contribution is 5.82. The van der Waals surface area contributed by atoms with Crippen LogP contribution in [0.5, 0.6) is 0 Å². The highest BCUT2D eigenvalue weighted by Crippen LogP contribution is 2.15. The molecule has 2 unspecified atom stereocenters. The van der Waals surface area contributed by atoms with E-state index in [-0.39, 0.29) is 11.9 Å². The fourth-order valence-electron chi connectivity index (χ4n) is 1.44. The zero-order valence-electron chi connectivity index (χ0n) is 9.33. The van der Waals surface area contributed by atoms with Crippen LogP contribution in [0, 0.1) is 5.41 Å². The first kappa shape index (κ1) is 12.0. The lowest BCUT2D eigenvalue weighted by atomic mass is 9.95. The second-order valence-corrected chi connectivity index (χ2v) is 4.96. The Morgan fingerprint density at radius 2 is 2.00 bits per heavy atom. The average molecular weight is 214 g/mol. The standard InChI is InChI=1S/C10H18N2O3/c1-10(2,3)9(15)12-6-4-7(8(13)14)11-5-6/h6-7,11H,4-5H2,1-3H3,(H,12,15)(H,13,14). The fraction of sp³-hybridized carbons (Fsp3) is 0.800. The van der Waals surface area contributed by atoms with Crippen molar-refractivity contribution in [3.8, 4) is 0 Å². The molecule has 0 aromatic rings. The Morgan fingerprint density at radius 1 is 1.40 bits per heavy atom. The average Bonchev–Trinajstić information content (AvgIpc) is 2.50. The summed E-state index contributed by atoms with van der Waals surface area (Å²) < 4.78 is 0. The summed E-state index contributed by atoms with van der Waals surface area (Å²) in [7, 11) is 0. The lowest BCUT2D eigenvalue weighted by molar-refractivity contribution is -0.139. The lowest BCUT2D eigenvalue weighted by Gasteiger charge is -2.20. The molecule has 5 nitrogen and oxygen atoms in total. The molecule has 0 saturated carbocycles. The summed E-state index contributed by atoms with van der Waals surface area (Å²) in [6, 6.07) is -0.604. The maximum atomic E-state index is 11.6. The molecule has 1 saturated heterocycles. The Morgan fingerprint density at radius 3 is 2.40 bits per heavy atom. The molecule has 1 amide bonds. The maximum Gasteiger partial charge on any atom is 0.320 e. The highest BCUT2D eigenvalue weighted by atomic mass is 16.4. The van der Waals surface area contributed by atoms with Crippen LogP contribution in [0.1, 0.15) is 27.2 Å². The molecule has 1 aliphatic rings. The van der Waals surface area contributed by atoms with Crippen molar-refractivity contribution in [2.75, 3.05) is 6.54 Å². The Bertz CT molecular complexity index is 270. The molecular formula is C10H18N2O3. The summed E-state index contributed by atoms with van der Waals surface area (Å²) in [4.78, 5) is 22.3. The van der Waals surface area contributed by atoms with Gasteiger partial charge in [-0.05, 0) is 6.42 Å². The first-order valence-corrected chi connectivity index (χ1v) is 5.08. The van der Waals surface area contributed by atoms with Crippen molar-refractivity contribution in [2.45, 2.75) is 39.3 Å². The molecule has 2 atom stereocenters. The zero-order valence-corrected chi connectivity index (χ0v) is 9.33. The smallest absolute Gasteiger partial charge is 0.320 e. The minimum Gasteiger partial charge on any atom is -0.480 e. The summed E-state index contributed by atoms with van der Waals surface area (Å²) in [5.74, 6) is -0.900. The van der Waals surface area contributed by atoms with Gasteiger partial charge in [0.25, 0.3) is 0 Å². The number of hydrogen-bond donors (Lipinski definition) is 3. The van der Waals surface area contributed by atoms with Crippen molar-refractivity contribution in [3.05, 3.63) is 0 Å². The lowest BCUT2D eigenvalue weighted by Crippen LogP contribution is -2.42. The zero-order chi connectivity index (χ0) is 11.6. The molecule has 5 heteroatoms. The first-order valence-electron chi connectivity index (χ1n) is 5.08. The van der Waals surface area contributed by atoms with E-state index in [2.05, 4.69) is 10.6 Å². The van der Waals surface area contributed by atoms with Crippen molar-refractivity contribution in [2.24, 2.45) is 5.41 Å². The van der Waals surface area contributed by atoms with Gasteiger partial charge in [0, 0.05) is 18.0 Å². The van der Waals surface area contributed by atoms with E-state index in [1.807, 2.05) is 20.8 Å². The van der Waals surface area contributed by atoms with Gasteiger partial charge < -0.3 is 15.7 Å². The van der Waals surface area contributed by atoms with Crippen LogP contribution in [0.15, 0.2) is 0 Å². The number of carboxylic acid groups (broad SMARTS) is 1. The first-order chi connectivity index (χ1) is 6.80. The third-order valence-corrected chi connectivity index (χ3v) is 2.45. The Balaban J connectivity index is 2.43. The van der Waals surface area contributed by atoms with Gasteiger partial charge in [-0.25, -0.2) is 0 Å². The van der Waals surface area contributed by atoms with Crippen LogP contribution >= 0.6 is 0 Å². The van der Waals surface area contributed by atoms with Gasteiger partial charge in [-0.15, -0.1) is 0 Å². The Kier molecular flexibility index (Phi) is 3.34. The van der Waals surface area contributed by atoms with Gasteiger partial charge in [0.05, 0.1) is 0 Å². The molecular weight excluding hydrogens is 196 g/mol. The number of carbonyl (C=O) groups excluding carboxylic acids is 1. The van der Waals surface area contributed by atoms with Gasteiger partial charge in [-0.3, -0.25) is 9.59 Å². The van der Waals surface area contributed by atoms with Crippen molar-refractivity contribution >= 4 is 11.9 Å². The summed E-state index contributed by atoms with van der Waals surface area (Å²) in [5.41, 5.74) is -0.429. The SMILES string of the molecule is CC(C)(C)C(=O)NC1CNC(C(=O)O)C1. The van der Waals surface area contributed by atoms with Crippen molar-refractivity contribution in [1.82, 2.24) is 10.6 Å². The molecule has 0 radical (unpaired) electrons. The van der Waals surface area contributed by atoms with E-state index >= 15 is 0 Å². The minimum absolute atomic E-state index is 0.0414. The molecule has 1 aliphatic heterocycles. The van der Waals surface area contributed by atoms with Gasteiger partial charge in [-0.2, -0.15) is 0 Å². The van der Waals surface area contributed by atoms with Crippen LogP contribution in [-0.2, 0) is 9.59 Å². The molecule has 86 valence electrons. The fourth-order valence-corrected chi connectivity index (χ4v) is 1.44. The third-order valence-electron chi connectivity index (χ3n) is 2.45. The van der Waals surface area contributed by atoms with E-state index in [0.717, 1.165) is 0 Å². The minimum atomic E-state index is -0.859. The number of nitrogens with one attached hydrogen (secondary N) is 2. The monoisotopic (exact) mass is 214 g/mol. The van der Waals surface area contributed by atoms with E-state index in [9.17, 15) is 9.59 Å². The van der Waals surface area contributed by atoms with Crippen LogP contribution in [0.25, 0.3) is 0 Å². The molecule has 0 aromatic carbocycles. The molecule has 0 aliphatic carbocycles. The van der Waals surface area contributed by atoms with Crippen molar-refractivity contribution in [3.63, 3.8) is 0 Å². The quantitative estimate of drug-likeness (QED) is 0.603. The molecule has 0 bridgehead atoms. The van der Waals surface area contributed by atoms with E-state index in [1.165, 1.54) is 0 Å². The van der Waals surface area contributed by atoms with E-state index in [1.54, 1.807) is 0 Å². The van der Waals surface area contributed by atoms with Crippen LogP contribution in [0.3, 0.4) is 0 Å². The van der Waals surface area contributed by atoms with Gasteiger partial charge in [0.2, 0.25) is 5.91 Å². The predicted molar refractivity (Wildman–Crippen MR) is 55.4 cm³/mol. The second-order valence-electron chi connectivity index (χ2n) is 4.96. The van der Waals surface area contributed by atoms with Gasteiger partial charge in [0.15, 0.2) is 0 Å². The van der Waals surface area contributed by atoms with Gasteiger partial charge in [0.1, 0.15) is 6.04 Å². The predicted octanol–water partition coefficient (Wildman–Crippen LogP) is -0.0362. The molecule has 1 rings (SSSR count). The summed E-state index contributed by atoms with van der Waals surface area (Å²) in [5, 5.41) is 14.4. The topological polar surface area (TPSA) is 78.4 Å². The normalized spacial score (nSPS) is 26.3. The second kappa shape index (κ2) is 4.18. The van der Waals surface area contributed by atoms with Crippen molar-refractivity contribution < 1.29 is 14.7 Å². The molecule has 15 heavy (non-hydrogen) atoms. The summed E-state index contributed by atoms with van der Waals surface area (Å²) in [6.45, 7) is 6.02. The van der Waals surface area contributed by atoms with Crippen molar-refractivity contribution in [1.29, 1.82) is 0 Å². The number of carboxylic acids is 1. The van der Waals surface area contributed by atoms with E-state index < -0.39 is 17.4 Å². The van der Waals surface area contributed by atoms with Gasteiger partial charge >= 0.3 is 5.97 Å². The van der Waals surface area contributed by atoms with Crippen LogP contribution < -0.4 is 10.6 Å². The number of aliphatic carboxylic acids is 1. The van der Waals surface area contributed by atoms with E-state index in [4.69, 9.17) is 5.11 Å². The Hall–Kier alpha value is -1.10. The third kappa shape index (κ3) is 3.20. The summed E-state index contributed by atoms with van der Waals surface area (Å²) in [6.07, 6.45) is 0.456. The number of hydrogen-bond acceptors (Lipinski definition) is 3. The Labute approximate surface area is 89.2 Å². The van der Waals surface area contributed by atoms with E-state index in [0.29, 0.717) is 13.0 Å². The molecule has 3 N–H and O–H groups in total. The number of carbonyl (C=O) groups is 2. The molecule has 0 aromatic heterocycles. The van der Waals surface area contributed by atoms with Crippen LogP contribution in [0.4, 0.5) is 0 Å². The molecule has 1 heterocycles.